The Balaban J connectivity index is 0.000000231. The Kier molecular flexibility index (Phi) is 7.83. The minimum Gasteiger partial charge on any atom is -0.382 e. The van der Waals surface area contributed by atoms with Crippen molar-refractivity contribution >= 4 is 28.0 Å². The summed E-state index contributed by atoms with van der Waals surface area (Å²) < 4.78 is 1.04. The van der Waals surface area contributed by atoms with E-state index in [0.29, 0.717) is 17.9 Å². The molecule has 0 aliphatic heterocycles. The Bertz CT molecular complexity index is 1260. The van der Waals surface area contributed by atoms with Gasteiger partial charge in [0, 0.05) is 23.5 Å². The highest BCUT2D eigenvalue weighted by molar-refractivity contribution is 9.10. The number of fused-ring (bicyclic) bond motifs is 3. The van der Waals surface area contributed by atoms with E-state index in [-0.39, 0.29) is 0 Å². The SMILES string of the molecule is CNc1nc2c(nc1C(O)c1ccccc1)-c1ccccc1CC2.O=CCc1ccc(Br)cc1. The highest BCUT2D eigenvalue weighted by Crippen LogP contribution is 2.35. The Labute approximate surface area is 208 Å². The van der Waals surface area contributed by atoms with Crippen molar-refractivity contribution in [1.82, 2.24) is 9.97 Å². The number of aldehydes is 1. The molecule has 1 aromatic heterocycles. The lowest BCUT2D eigenvalue weighted by atomic mass is 9.91. The molecule has 0 bridgehead atoms. The number of aliphatic hydroxyl groups is 1. The lowest BCUT2D eigenvalue weighted by Gasteiger charge is -2.22. The maximum absolute atomic E-state index is 10.8. The fourth-order valence-corrected chi connectivity index (χ4v) is 4.24. The molecule has 0 fully saturated rings. The summed E-state index contributed by atoms with van der Waals surface area (Å²) in [7, 11) is 1.81. The zero-order valence-electron chi connectivity index (χ0n) is 18.9. The second-order valence-electron chi connectivity index (χ2n) is 7.97. The highest BCUT2D eigenvalue weighted by Gasteiger charge is 2.24. The zero-order chi connectivity index (χ0) is 23.9. The Morgan fingerprint density at radius 3 is 2.38 bits per heavy atom. The van der Waals surface area contributed by atoms with Gasteiger partial charge in [0.1, 0.15) is 18.1 Å². The number of benzene rings is 3. The molecule has 6 heteroatoms. The van der Waals surface area contributed by atoms with Gasteiger partial charge in [-0.3, -0.25) is 0 Å². The van der Waals surface area contributed by atoms with E-state index in [1.165, 1.54) is 5.56 Å². The first kappa shape index (κ1) is 23.8. The van der Waals surface area contributed by atoms with Crippen LogP contribution in [0.15, 0.2) is 83.3 Å². The van der Waals surface area contributed by atoms with E-state index in [2.05, 4.69) is 39.4 Å². The van der Waals surface area contributed by atoms with Crippen LogP contribution in [0, 0.1) is 0 Å². The summed E-state index contributed by atoms with van der Waals surface area (Å²) >= 11 is 3.31. The molecule has 0 saturated heterocycles. The van der Waals surface area contributed by atoms with Crippen LogP contribution >= 0.6 is 15.9 Å². The van der Waals surface area contributed by atoms with Crippen LogP contribution in [0.2, 0.25) is 0 Å². The molecule has 0 saturated carbocycles. The molecule has 34 heavy (non-hydrogen) atoms. The maximum Gasteiger partial charge on any atom is 0.150 e. The normalized spacial score (nSPS) is 12.4. The molecule has 3 aromatic carbocycles. The molecule has 1 aliphatic rings. The largest absolute Gasteiger partial charge is 0.382 e. The average Bonchev–Trinajstić information content (AvgIpc) is 2.89. The van der Waals surface area contributed by atoms with E-state index in [4.69, 9.17) is 9.97 Å². The topological polar surface area (TPSA) is 75.1 Å². The second-order valence-corrected chi connectivity index (χ2v) is 8.89. The van der Waals surface area contributed by atoms with Crippen molar-refractivity contribution in [2.45, 2.75) is 25.4 Å². The first-order chi connectivity index (χ1) is 16.6. The Morgan fingerprint density at radius 2 is 1.68 bits per heavy atom. The number of anilines is 1. The lowest BCUT2D eigenvalue weighted by Crippen LogP contribution is -2.15. The van der Waals surface area contributed by atoms with Crippen LogP contribution in [0.25, 0.3) is 11.3 Å². The van der Waals surface area contributed by atoms with E-state index in [0.717, 1.165) is 51.7 Å². The molecule has 172 valence electrons. The molecule has 0 amide bonds. The van der Waals surface area contributed by atoms with E-state index in [1.54, 1.807) is 0 Å². The van der Waals surface area contributed by atoms with Crippen molar-refractivity contribution in [2.75, 3.05) is 12.4 Å². The molecule has 0 radical (unpaired) electrons. The van der Waals surface area contributed by atoms with E-state index in [1.807, 2.05) is 67.7 Å². The third-order valence-corrected chi connectivity index (χ3v) is 6.27. The lowest BCUT2D eigenvalue weighted by molar-refractivity contribution is -0.107. The van der Waals surface area contributed by atoms with Crippen LogP contribution < -0.4 is 5.32 Å². The van der Waals surface area contributed by atoms with Gasteiger partial charge in [-0.2, -0.15) is 0 Å². The fraction of sp³-hybridized carbons (Fsp3) is 0.179. The van der Waals surface area contributed by atoms with Gasteiger partial charge >= 0.3 is 0 Å². The van der Waals surface area contributed by atoms with E-state index >= 15 is 0 Å². The number of hydrogen-bond acceptors (Lipinski definition) is 5. The van der Waals surface area contributed by atoms with Crippen molar-refractivity contribution in [3.63, 3.8) is 0 Å². The van der Waals surface area contributed by atoms with Gasteiger partial charge in [0.15, 0.2) is 5.82 Å². The molecule has 4 aromatic rings. The number of nitrogens with zero attached hydrogens (tertiary/aromatic N) is 2. The predicted octanol–water partition coefficient (Wildman–Crippen LogP) is 5.56. The van der Waals surface area contributed by atoms with Gasteiger partial charge in [0.05, 0.1) is 11.4 Å². The Hall–Kier alpha value is -3.35. The van der Waals surface area contributed by atoms with Gasteiger partial charge in [-0.25, -0.2) is 9.97 Å². The van der Waals surface area contributed by atoms with Crippen LogP contribution in [-0.2, 0) is 24.1 Å². The molecule has 5 nitrogen and oxygen atoms in total. The molecular weight excluding hydrogens is 490 g/mol. The van der Waals surface area contributed by atoms with Crippen molar-refractivity contribution in [2.24, 2.45) is 0 Å². The van der Waals surface area contributed by atoms with Crippen molar-refractivity contribution in [1.29, 1.82) is 0 Å². The van der Waals surface area contributed by atoms with Crippen molar-refractivity contribution < 1.29 is 9.90 Å². The van der Waals surface area contributed by atoms with E-state index in [9.17, 15) is 9.90 Å². The summed E-state index contributed by atoms with van der Waals surface area (Å²) in [6.07, 6.45) is 2.45. The number of nitrogens with one attached hydrogen (secondary N) is 1. The number of carbonyl (C=O) groups excluding carboxylic acids is 1. The van der Waals surface area contributed by atoms with E-state index < -0.39 is 6.10 Å². The molecule has 1 unspecified atom stereocenters. The minimum absolute atomic E-state index is 0.507. The van der Waals surface area contributed by atoms with Gasteiger partial charge in [-0.15, -0.1) is 0 Å². The van der Waals surface area contributed by atoms with Gasteiger partial charge in [0.25, 0.3) is 0 Å². The Morgan fingerprint density at radius 1 is 0.971 bits per heavy atom. The fourth-order valence-electron chi connectivity index (χ4n) is 3.98. The first-order valence-corrected chi connectivity index (χ1v) is 12.0. The van der Waals surface area contributed by atoms with Crippen LogP contribution in [0.3, 0.4) is 0 Å². The quantitative estimate of drug-likeness (QED) is 0.340. The molecule has 1 aliphatic carbocycles. The maximum atomic E-state index is 10.8. The molecule has 0 spiro atoms. The van der Waals surface area contributed by atoms with Crippen LogP contribution in [0.1, 0.15) is 34.2 Å². The summed E-state index contributed by atoms with van der Waals surface area (Å²) in [4.78, 5) is 19.6. The molecule has 5 rings (SSSR count). The zero-order valence-corrected chi connectivity index (χ0v) is 20.5. The minimum atomic E-state index is -0.805. The monoisotopic (exact) mass is 515 g/mol. The molecule has 2 N–H and O–H groups in total. The third-order valence-electron chi connectivity index (χ3n) is 5.74. The summed E-state index contributed by atoms with van der Waals surface area (Å²) in [5.41, 5.74) is 6.72. The van der Waals surface area contributed by atoms with Crippen LogP contribution in [0.5, 0.6) is 0 Å². The summed E-state index contributed by atoms with van der Waals surface area (Å²) in [5, 5.41) is 13.9. The van der Waals surface area contributed by atoms with Gasteiger partial charge in [0.2, 0.25) is 0 Å². The number of aliphatic hydroxyl groups excluding tert-OH is 1. The number of carbonyl (C=O) groups is 1. The van der Waals surface area contributed by atoms with Gasteiger partial charge in [-0.1, -0.05) is 82.7 Å². The van der Waals surface area contributed by atoms with Gasteiger partial charge < -0.3 is 15.2 Å². The van der Waals surface area contributed by atoms with Crippen LogP contribution in [0.4, 0.5) is 5.82 Å². The highest BCUT2D eigenvalue weighted by atomic mass is 79.9. The van der Waals surface area contributed by atoms with Crippen molar-refractivity contribution in [3.05, 3.63) is 111 Å². The first-order valence-electron chi connectivity index (χ1n) is 11.2. The van der Waals surface area contributed by atoms with Crippen LogP contribution in [-0.4, -0.2) is 28.4 Å². The summed E-state index contributed by atoms with van der Waals surface area (Å²) in [5.74, 6) is 0.643. The summed E-state index contributed by atoms with van der Waals surface area (Å²) in [6, 6.07) is 25.6. The smallest absolute Gasteiger partial charge is 0.150 e. The molecular formula is C28H26BrN3O2. The van der Waals surface area contributed by atoms with Gasteiger partial charge in [-0.05, 0) is 41.7 Å². The van der Waals surface area contributed by atoms with Crippen molar-refractivity contribution in [3.8, 4) is 11.3 Å². The number of halogens is 1. The summed E-state index contributed by atoms with van der Waals surface area (Å²) in [6.45, 7) is 0. The third kappa shape index (κ3) is 5.41. The number of hydrogen-bond donors (Lipinski definition) is 2. The molecule has 1 atom stereocenters. The second kappa shape index (κ2) is 11.2. The number of aryl methyl sites for hydroxylation is 2. The number of rotatable bonds is 5. The predicted molar refractivity (Wildman–Crippen MR) is 139 cm³/mol. The molecule has 1 heterocycles. The number of aromatic nitrogens is 2. The standard InChI is InChI=1S/C20H19N3O.C8H7BrO/c1-21-20-18(19(24)14-8-3-2-4-9-14)23-17-15-10-6-5-7-13(15)11-12-16(17)22-20;9-8-3-1-7(2-4-8)5-6-10/h2-10,19,24H,11-12H2,1H3,(H,21,22);1-4,6H,5H2. The average molecular weight is 516 g/mol.